The third kappa shape index (κ3) is 3.64. The molecule has 1 fully saturated rings. The van der Waals surface area contributed by atoms with Gasteiger partial charge in [0, 0.05) is 19.1 Å². The Morgan fingerprint density at radius 2 is 2.00 bits per heavy atom. The highest BCUT2D eigenvalue weighted by Crippen LogP contribution is 2.34. The van der Waals surface area contributed by atoms with Gasteiger partial charge in [0.1, 0.15) is 0 Å². The first-order valence-electron chi connectivity index (χ1n) is 5.96. The monoisotopic (exact) mass is 276 g/mol. The maximum atomic E-state index is 13.1. The first-order valence-corrected chi connectivity index (χ1v) is 5.96. The number of benzene rings is 1. The van der Waals surface area contributed by atoms with Crippen LogP contribution in [0, 0.1) is 17.6 Å². The number of nitrogens with zero attached hydrogens (tertiary/aromatic N) is 1. The second-order valence-electron chi connectivity index (χ2n) is 4.80. The van der Waals surface area contributed by atoms with Gasteiger partial charge in [-0.15, -0.1) is 12.4 Å². The highest BCUT2D eigenvalue weighted by Gasteiger charge is 2.32. The zero-order valence-corrected chi connectivity index (χ0v) is 11.2. The van der Waals surface area contributed by atoms with Crippen LogP contribution in [0.2, 0.25) is 0 Å². The molecule has 0 saturated heterocycles. The Hall–Kier alpha value is -0.710. The van der Waals surface area contributed by atoms with Crippen LogP contribution < -0.4 is 5.73 Å². The fourth-order valence-corrected chi connectivity index (χ4v) is 2.26. The maximum Gasteiger partial charge on any atom is 0.159 e. The molecule has 18 heavy (non-hydrogen) atoms. The molecule has 1 aromatic carbocycles. The van der Waals surface area contributed by atoms with Crippen LogP contribution in [0.5, 0.6) is 0 Å². The maximum absolute atomic E-state index is 13.1. The van der Waals surface area contributed by atoms with Gasteiger partial charge in [-0.25, -0.2) is 8.78 Å². The molecular weight excluding hydrogens is 258 g/mol. The summed E-state index contributed by atoms with van der Waals surface area (Å²) < 4.78 is 25.9. The molecular formula is C13H19ClF2N2. The summed E-state index contributed by atoms with van der Waals surface area (Å²) in [7, 11) is 1.98. The van der Waals surface area contributed by atoms with Crippen LogP contribution in [0.25, 0.3) is 0 Å². The standard InChI is InChI=1S/C13H18F2N2.ClH/c1-17(13(7-16)10-3-4-10)8-9-2-5-11(14)12(15)6-9;/h2,5-6,10,13H,3-4,7-8,16H2,1H3;1H. The topological polar surface area (TPSA) is 29.3 Å². The molecule has 0 spiro atoms. The van der Waals surface area contributed by atoms with Crippen molar-refractivity contribution < 1.29 is 8.78 Å². The van der Waals surface area contributed by atoms with Crippen LogP contribution in [-0.2, 0) is 6.54 Å². The molecule has 0 bridgehead atoms. The summed E-state index contributed by atoms with van der Waals surface area (Å²) in [6.07, 6.45) is 2.45. The number of rotatable bonds is 5. The summed E-state index contributed by atoms with van der Waals surface area (Å²) in [6, 6.07) is 4.40. The minimum absolute atomic E-state index is 0. The average Bonchev–Trinajstić information content (AvgIpc) is 3.09. The van der Waals surface area contributed by atoms with Gasteiger partial charge in [0.25, 0.3) is 0 Å². The molecule has 2 nitrogen and oxygen atoms in total. The van der Waals surface area contributed by atoms with Crippen LogP contribution in [0.15, 0.2) is 18.2 Å². The number of hydrogen-bond acceptors (Lipinski definition) is 2. The Balaban J connectivity index is 0.00000162. The van der Waals surface area contributed by atoms with Crippen LogP contribution in [0.1, 0.15) is 18.4 Å². The van der Waals surface area contributed by atoms with Gasteiger partial charge in [-0.2, -0.15) is 0 Å². The van der Waals surface area contributed by atoms with Gasteiger partial charge >= 0.3 is 0 Å². The minimum Gasteiger partial charge on any atom is -0.329 e. The molecule has 1 aliphatic rings. The van der Waals surface area contributed by atoms with Crippen LogP contribution >= 0.6 is 12.4 Å². The van der Waals surface area contributed by atoms with E-state index < -0.39 is 11.6 Å². The van der Waals surface area contributed by atoms with Crippen LogP contribution in [0.3, 0.4) is 0 Å². The van der Waals surface area contributed by atoms with E-state index in [9.17, 15) is 8.78 Å². The minimum atomic E-state index is -0.797. The first kappa shape index (κ1) is 15.3. The van der Waals surface area contributed by atoms with E-state index in [2.05, 4.69) is 4.90 Å². The lowest BCUT2D eigenvalue weighted by Crippen LogP contribution is -2.39. The molecule has 1 saturated carbocycles. The summed E-state index contributed by atoms with van der Waals surface area (Å²) >= 11 is 0. The summed E-state index contributed by atoms with van der Waals surface area (Å²) in [5, 5.41) is 0. The molecule has 2 N–H and O–H groups in total. The van der Waals surface area contributed by atoms with E-state index >= 15 is 0 Å². The quantitative estimate of drug-likeness (QED) is 0.896. The van der Waals surface area contributed by atoms with Gasteiger partial charge in [0.2, 0.25) is 0 Å². The SMILES string of the molecule is CN(Cc1ccc(F)c(F)c1)C(CN)C1CC1.Cl. The van der Waals surface area contributed by atoms with Crippen molar-refractivity contribution in [2.45, 2.75) is 25.4 Å². The van der Waals surface area contributed by atoms with E-state index in [0.717, 1.165) is 5.56 Å². The van der Waals surface area contributed by atoms with Crippen molar-refractivity contribution in [3.05, 3.63) is 35.4 Å². The zero-order chi connectivity index (χ0) is 12.4. The lowest BCUT2D eigenvalue weighted by molar-refractivity contribution is 0.215. The largest absolute Gasteiger partial charge is 0.329 e. The Kier molecular flexibility index (Phi) is 5.50. The van der Waals surface area contributed by atoms with Crippen LogP contribution in [-0.4, -0.2) is 24.5 Å². The molecule has 1 aromatic rings. The second kappa shape index (κ2) is 6.45. The molecule has 0 aliphatic heterocycles. The Morgan fingerprint density at radius 1 is 1.33 bits per heavy atom. The van der Waals surface area contributed by atoms with Gasteiger partial charge < -0.3 is 5.73 Å². The molecule has 5 heteroatoms. The molecule has 0 heterocycles. The molecule has 1 unspecified atom stereocenters. The van der Waals surface area contributed by atoms with Crippen molar-refractivity contribution >= 4 is 12.4 Å². The summed E-state index contributed by atoms with van der Waals surface area (Å²) in [5.74, 6) is -0.907. The smallest absolute Gasteiger partial charge is 0.159 e. The fourth-order valence-electron chi connectivity index (χ4n) is 2.26. The van der Waals surface area contributed by atoms with Gasteiger partial charge in [0.05, 0.1) is 0 Å². The van der Waals surface area contributed by atoms with E-state index in [4.69, 9.17) is 5.73 Å². The zero-order valence-electron chi connectivity index (χ0n) is 10.4. The van der Waals surface area contributed by atoms with Crippen molar-refractivity contribution in [3.63, 3.8) is 0 Å². The summed E-state index contributed by atoms with van der Waals surface area (Å²) in [4.78, 5) is 2.13. The molecule has 0 aromatic heterocycles. The van der Waals surface area contributed by atoms with E-state index in [-0.39, 0.29) is 12.4 Å². The van der Waals surface area contributed by atoms with Gasteiger partial charge in [-0.05, 0) is 43.5 Å². The van der Waals surface area contributed by atoms with Gasteiger partial charge in [-0.1, -0.05) is 6.07 Å². The van der Waals surface area contributed by atoms with E-state index in [1.165, 1.54) is 25.0 Å². The van der Waals surface area contributed by atoms with Crippen molar-refractivity contribution in [1.82, 2.24) is 4.90 Å². The number of likely N-dealkylation sites (N-methyl/N-ethyl adjacent to an activating group) is 1. The number of nitrogens with two attached hydrogens (primary N) is 1. The lowest BCUT2D eigenvalue weighted by Gasteiger charge is -2.27. The molecule has 0 amide bonds. The van der Waals surface area contributed by atoms with E-state index in [1.54, 1.807) is 6.07 Å². The Morgan fingerprint density at radius 3 is 2.50 bits per heavy atom. The van der Waals surface area contributed by atoms with Crippen molar-refractivity contribution in [2.75, 3.05) is 13.6 Å². The highest BCUT2D eigenvalue weighted by atomic mass is 35.5. The van der Waals surface area contributed by atoms with Gasteiger partial charge in [-0.3, -0.25) is 4.90 Å². The Labute approximate surface area is 113 Å². The van der Waals surface area contributed by atoms with E-state index in [1.807, 2.05) is 7.05 Å². The molecule has 1 aliphatic carbocycles. The molecule has 2 rings (SSSR count). The summed E-state index contributed by atoms with van der Waals surface area (Å²) in [6.45, 7) is 1.22. The average molecular weight is 277 g/mol. The van der Waals surface area contributed by atoms with Crippen molar-refractivity contribution in [2.24, 2.45) is 11.7 Å². The fraction of sp³-hybridized carbons (Fsp3) is 0.538. The van der Waals surface area contributed by atoms with Crippen molar-refractivity contribution in [1.29, 1.82) is 0 Å². The third-order valence-corrected chi connectivity index (χ3v) is 3.39. The number of hydrogen-bond donors (Lipinski definition) is 1. The van der Waals surface area contributed by atoms with Crippen molar-refractivity contribution in [3.8, 4) is 0 Å². The normalized spacial score (nSPS) is 16.5. The van der Waals surface area contributed by atoms with Crippen LogP contribution in [0.4, 0.5) is 8.78 Å². The Bertz CT molecular complexity index is 397. The second-order valence-corrected chi connectivity index (χ2v) is 4.80. The lowest BCUT2D eigenvalue weighted by atomic mass is 10.1. The van der Waals surface area contributed by atoms with E-state index in [0.29, 0.717) is 25.0 Å². The predicted molar refractivity (Wildman–Crippen MR) is 70.6 cm³/mol. The predicted octanol–water partition coefficient (Wildman–Crippen LogP) is 2.56. The highest BCUT2D eigenvalue weighted by molar-refractivity contribution is 5.85. The third-order valence-electron chi connectivity index (χ3n) is 3.39. The first-order chi connectivity index (χ1) is 8.11. The number of halogens is 3. The van der Waals surface area contributed by atoms with Gasteiger partial charge in [0.15, 0.2) is 11.6 Å². The molecule has 1 atom stereocenters. The molecule has 0 radical (unpaired) electrons. The summed E-state index contributed by atoms with van der Waals surface area (Å²) in [5.41, 5.74) is 6.53. The molecule has 102 valence electrons.